The number of imidazole rings is 1. The van der Waals surface area contributed by atoms with Gasteiger partial charge >= 0.3 is 6.36 Å². The minimum Gasteiger partial charge on any atom is -0.404 e. The number of aromatic nitrogens is 3. The predicted octanol–water partition coefficient (Wildman–Crippen LogP) is 4.26. The number of alkyl halides is 3. The van der Waals surface area contributed by atoms with Crippen LogP contribution in [0.1, 0.15) is 11.4 Å². The summed E-state index contributed by atoms with van der Waals surface area (Å²) in [6.45, 7) is 1.88. The van der Waals surface area contributed by atoms with Crippen LogP contribution in [0.5, 0.6) is 5.75 Å². The van der Waals surface area contributed by atoms with Gasteiger partial charge in [-0.25, -0.2) is 4.98 Å². The van der Waals surface area contributed by atoms with E-state index in [1.165, 1.54) is 24.5 Å². The first-order valence-electron chi connectivity index (χ1n) is 9.82. The van der Waals surface area contributed by atoms with Crippen molar-refractivity contribution in [2.45, 2.75) is 18.2 Å². The minimum absolute atomic E-state index is 0.457. The fourth-order valence-corrected chi connectivity index (χ4v) is 4.19. The lowest BCUT2D eigenvalue weighted by Gasteiger charge is -2.17. The zero-order chi connectivity index (χ0) is 24.5. The van der Waals surface area contributed by atoms with Gasteiger partial charge in [0.05, 0.1) is 18.1 Å². The van der Waals surface area contributed by atoms with E-state index in [1.807, 2.05) is 25.1 Å². The molecule has 0 bridgehead atoms. The summed E-state index contributed by atoms with van der Waals surface area (Å²) >= 11 is 0. The van der Waals surface area contributed by atoms with Crippen molar-refractivity contribution in [1.29, 1.82) is 0 Å². The molecular weight excluding hydrogens is 471 g/mol. The van der Waals surface area contributed by atoms with Crippen molar-refractivity contribution in [1.82, 2.24) is 18.8 Å². The number of nitrogens with zero attached hydrogens (tertiary/aromatic N) is 5. The SMILES string of the molecule is Cc1ccc(-c2ccc3ncc(C=NN(C)S(=O)(=O)c4ccccc4OC(F)(F)F)n3c2)cn1. The predicted molar refractivity (Wildman–Crippen MR) is 119 cm³/mol. The number of benzene rings is 1. The number of sulfonamides is 1. The van der Waals surface area contributed by atoms with Crippen LogP contribution in [0, 0.1) is 6.92 Å². The quantitative estimate of drug-likeness (QED) is 0.298. The van der Waals surface area contributed by atoms with Crippen molar-refractivity contribution in [3.8, 4) is 16.9 Å². The molecule has 1 aromatic carbocycles. The second-order valence-electron chi connectivity index (χ2n) is 7.20. The normalized spacial score (nSPS) is 12.4. The van der Waals surface area contributed by atoms with Gasteiger partial charge in [-0.05, 0) is 37.3 Å². The summed E-state index contributed by atoms with van der Waals surface area (Å²) < 4.78 is 69.9. The van der Waals surface area contributed by atoms with Crippen LogP contribution in [-0.2, 0) is 10.0 Å². The third-order valence-electron chi connectivity index (χ3n) is 4.83. The number of rotatable bonds is 6. The van der Waals surface area contributed by atoms with Gasteiger partial charge in [0.1, 0.15) is 16.3 Å². The van der Waals surface area contributed by atoms with E-state index in [4.69, 9.17) is 0 Å². The highest BCUT2D eigenvalue weighted by Crippen LogP contribution is 2.31. The highest BCUT2D eigenvalue weighted by atomic mass is 32.2. The van der Waals surface area contributed by atoms with Crippen LogP contribution in [0.3, 0.4) is 0 Å². The Morgan fingerprint density at radius 2 is 1.76 bits per heavy atom. The van der Waals surface area contributed by atoms with Crippen LogP contribution in [0.4, 0.5) is 13.2 Å². The Bertz CT molecular complexity index is 1470. The van der Waals surface area contributed by atoms with Gasteiger partial charge in [0.2, 0.25) is 0 Å². The van der Waals surface area contributed by atoms with Gasteiger partial charge in [0.15, 0.2) is 0 Å². The maximum atomic E-state index is 12.9. The largest absolute Gasteiger partial charge is 0.573 e. The molecule has 0 saturated heterocycles. The summed E-state index contributed by atoms with van der Waals surface area (Å²) in [5.74, 6) is -0.844. The van der Waals surface area contributed by atoms with Crippen LogP contribution >= 0.6 is 0 Å². The molecule has 0 aliphatic heterocycles. The van der Waals surface area contributed by atoms with Crippen LogP contribution in [0.25, 0.3) is 16.8 Å². The summed E-state index contributed by atoms with van der Waals surface area (Å²) in [4.78, 5) is 7.88. The average molecular weight is 489 g/mol. The summed E-state index contributed by atoms with van der Waals surface area (Å²) in [5.41, 5.74) is 3.67. The molecule has 0 unspecified atom stereocenters. The number of aryl methyl sites for hydroxylation is 1. The molecule has 0 aliphatic rings. The number of hydrazone groups is 1. The molecule has 0 spiro atoms. The molecule has 0 atom stereocenters. The molecule has 12 heteroatoms. The summed E-state index contributed by atoms with van der Waals surface area (Å²) in [6, 6.07) is 11.9. The number of hydrogen-bond acceptors (Lipinski definition) is 6. The van der Waals surface area contributed by atoms with Crippen molar-refractivity contribution >= 4 is 21.9 Å². The molecule has 0 aliphatic carbocycles. The third kappa shape index (κ3) is 4.86. The maximum Gasteiger partial charge on any atom is 0.573 e. The van der Waals surface area contributed by atoms with E-state index in [1.54, 1.807) is 22.9 Å². The third-order valence-corrected chi connectivity index (χ3v) is 6.52. The molecule has 176 valence electrons. The molecule has 3 aromatic heterocycles. The maximum absolute atomic E-state index is 12.9. The van der Waals surface area contributed by atoms with Crippen LogP contribution in [-0.4, -0.2) is 46.8 Å². The monoisotopic (exact) mass is 489 g/mol. The van der Waals surface area contributed by atoms with E-state index in [2.05, 4.69) is 19.8 Å². The molecule has 3 heterocycles. The first-order valence-corrected chi connectivity index (χ1v) is 11.3. The molecular formula is C22H18F3N5O3S. The zero-order valence-corrected chi connectivity index (χ0v) is 18.7. The van der Waals surface area contributed by atoms with Crippen LogP contribution in [0.2, 0.25) is 0 Å². The number of halogens is 3. The van der Waals surface area contributed by atoms with E-state index >= 15 is 0 Å². The first kappa shape index (κ1) is 23.2. The average Bonchev–Trinajstić information content (AvgIpc) is 3.19. The highest BCUT2D eigenvalue weighted by Gasteiger charge is 2.34. The van der Waals surface area contributed by atoms with E-state index < -0.39 is 27.0 Å². The zero-order valence-electron chi connectivity index (χ0n) is 17.9. The summed E-state index contributed by atoms with van der Waals surface area (Å²) in [5, 5.41) is 3.93. The minimum atomic E-state index is -5.05. The van der Waals surface area contributed by atoms with Gasteiger partial charge in [0.25, 0.3) is 10.0 Å². The Hall–Kier alpha value is -3.93. The van der Waals surface area contributed by atoms with Gasteiger partial charge in [-0.3, -0.25) is 9.38 Å². The van der Waals surface area contributed by atoms with Gasteiger partial charge in [-0.2, -0.15) is 17.9 Å². The molecule has 0 fully saturated rings. The lowest BCUT2D eigenvalue weighted by Crippen LogP contribution is -2.24. The molecule has 0 saturated carbocycles. The molecule has 8 nitrogen and oxygen atoms in total. The molecule has 4 aromatic rings. The van der Waals surface area contributed by atoms with Gasteiger partial charge in [-0.15, -0.1) is 13.2 Å². The second-order valence-corrected chi connectivity index (χ2v) is 9.11. The number of fused-ring (bicyclic) bond motifs is 1. The van der Waals surface area contributed by atoms with Gasteiger partial charge < -0.3 is 4.74 Å². The Balaban J connectivity index is 1.64. The molecule has 34 heavy (non-hydrogen) atoms. The number of pyridine rings is 2. The Labute approximate surface area is 193 Å². The van der Waals surface area contributed by atoms with Crippen molar-refractivity contribution < 1.29 is 26.3 Å². The highest BCUT2D eigenvalue weighted by molar-refractivity contribution is 7.89. The van der Waals surface area contributed by atoms with Crippen LogP contribution < -0.4 is 4.74 Å². The fourth-order valence-electron chi connectivity index (χ4n) is 3.12. The Kier molecular flexibility index (Phi) is 6.00. The Morgan fingerprint density at radius 3 is 2.47 bits per heavy atom. The summed E-state index contributed by atoms with van der Waals surface area (Å²) in [6.07, 6.45) is 1.24. The molecule has 0 amide bonds. The van der Waals surface area contributed by atoms with Crippen molar-refractivity contribution in [3.63, 3.8) is 0 Å². The van der Waals surface area contributed by atoms with Gasteiger partial charge in [0, 0.05) is 36.3 Å². The van der Waals surface area contributed by atoms with E-state index in [9.17, 15) is 21.6 Å². The van der Waals surface area contributed by atoms with Crippen molar-refractivity contribution in [2.75, 3.05) is 7.05 Å². The van der Waals surface area contributed by atoms with Crippen LogP contribution in [0.15, 0.2) is 77.1 Å². The van der Waals surface area contributed by atoms with E-state index in [-0.39, 0.29) is 0 Å². The van der Waals surface area contributed by atoms with Crippen molar-refractivity contribution in [2.24, 2.45) is 5.10 Å². The standard InChI is InChI=1S/C22H18F3N5O3S/c1-15-7-8-16(11-26-15)17-9-10-21-27-12-18(30(21)14-17)13-28-29(2)34(31,32)20-6-4-3-5-19(20)33-22(23,24)25/h3-14H,1-2H3. The fraction of sp³-hybridized carbons (Fsp3) is 0.136. The van der Waals surface area contributed by atoms with Crippen molar-refractivity contribution in [3.05, 3.63) is 78.5 Å². The molecule has 4 rings (SSSR count). The lowest BCUT2D eigenvalue weighted by molar-refractivity contribution is -0.275. The topological polar surface area (TPSA) is 89.2 Å². The van der Waals surface area contributed by atoms with E-state index in [0.717, 1.165) is 36.0 Å². The Morgan fingerprint density at radius 1 is 1.03 bits per heavy atom. The number of hydrogen-bond donors (Lipinski definition) is 0. The number of ether oxygens (including phenoxy) is 1. The lowest BCUT2D eigenvalue weighted by atomic mass is 10.1. The second kappa shape index (κ2) is 8.78. The summed E-state index contributed by atoms with van der Waals surface area (Å²) in [7, 11) is -3.32. The molecule has 0 N–H and O–H groups in total. The van der Waals surface area contributed by atoms with Gasteiger partial charge in [-0.1, -0.05) is 18.2 Å². The smallest absolute Gasteiger partial charge is 0.404 e. The molecule has 0 radical (unpaired) electrons. The van der Waals surface area contributed by atoms with E-state index in [0.29, 0.717) is 15.8 Å². The number of para-hydroxylation sites is 1. The first-order chi connectivity index (χ1) is 16.0.